The summed E-state index contributed by atoms with van der Waals surface area (Å²) in [6.45, 7) is 3.46. The number of aryl methyl sites for hydroxylation is 1. The molecule has 0 N–H and O–H groups in total. The number of amides is 1. The number of carbonyl (C=O) groups excluding carboxylic acids is 1. The standard InChI is InChI=1S/C17H25N3O3S/c1-12-18-15(23-19-12)14-2-5-17(22-14)6-8-20(9-7-17)16(21)13-3-10-24-11-4-13/h13-14H,2-11H2,1H3/t14-/m0/s1. The summed E-state index contributed by atoms with van der Waals surface area (Å²) >= 11 is 1.97. The summed E-state index contributed by atoms with van der Waals surface area (Å²) in [6, 6.07) is 0. The molecule has 7 heteroatoms. The molecule has 0 unspecified atom stereocenters. The summed E-state index contributed by atoms with van der Waals surface area (Å²) in [5.74, 6) is 4.12. The third-order valence-corrected chi connectivity index (χ3v) is 6.68. The lowest BCUT2D eigenvalue weighted by atomic mass is 9.87. The molecule has 3 saturated heterocycles. The lowest BCUT2D eigenvalue weighted by molar-refractivity contribution is -0.142. The second-order valence-electron chi connectivity index (χ2n) is 7.22. The lowest BCUT2D eigenvalue weighted by Gasteiger charge is -2.40. The minimum atomic E-state index is -0.105. The van der Waals surface area contributed by atoms with Crippen LogP contribution in [-0.4, -0.2) is 51.1 Å². The predicted octanol–water partition coefficient (Wildman–Crippen LogP) is 2.73. The molecule has 0 aliphatic carbocycles. The Morgan fingerprint density at radius 3 is 2.62 bits per heavy atom. The van der Waals surface area contributed by atoms with Crippen LogP contribution in [0.15, 0.2) is 4.52 Å². The Morgan fingerprint density at radius 2 is 1.96 bits per heavy atom. The molecule has 1 aromatic rings. The number of hydrogen-bond donors (Lipinski definition) is 0. The second-order valence-corrected chi connectivity index (χ2v) is 8.44. The maximum absolute atomic E-state index is 12.7. The summed E-state index contributed by atoms with van der Waals surface area (Å²) in [5, 5.41) is 3.86. The molecule has 4 heterocycles. The van der Waals surface area contributed by atoms with Gasteiger partial charge in [-0.25, -0.2) is 0 Å². The Morgan fingerprint density at radius 1 is 1.21 bits per heavy atom. The number of carbonyl (C=O) groups is 1. The average molecular weight is 351 g/mol. The molecule has 0 radical (unpaired) electrons. The molecular weight excluding hydrogens is 326 g/mol. The van der Waals surface area contributed by atoms with Gasteiger partial charge in [0.15, 0.2) is 5.82 Å². The van der Waals surface area contributed by atoms with Crippen LogP contribution < -0.4 is 0 Å². The van der Waals surface area contributed by atoms with E-state index in [0.29, 0.717) is 17.6 Å². The van der Waals surface area contributed by atoms with E-state index in [1.54, 1.807) is 0 Å². The first kappa shape index (κ1) is 16.4. The number of aromatic nitrogens is 2. The van der Waals surface area contributed by atoms with Crippen LogP contribution in [0.5, 0.6) is 0 Å². The molecule has 1 amide bonds. The smallest absolute Gasteiger partial charge is 0.255 e. The van der Waals surface area contributed by atoms with Gasteiger partial charge in [0.25, 0.3) is 5.89 Å². The van der Waals surface area contributed by atoms with Gasteiger partial charge in [0.1, 0.15) is 6.10 Å². The third-order valence-electron chi connectivity index (χ3n) is 5.63. The molecular formula is C17H25N3O3S. The van der Waals surface area contributed by atoms with Crippen molar-refractivity contribution < 1.29 is 14.1 Å². The van der Waals surface area contributed by atoms with Gasteiger partial charge in [0, 0.05) is 19.0 Å². The molecule has 6 nitrogen and oxygen atoms in total. The van der Waals surface area contributed by atoms with Crippen LogP contribution in [0.1, 0.15) is 56.3 Å². The zero-order valence-corrected chi connectivity index (χ0v) is 15.0. The summed E-state index contributed by atoms with van der Waals surface area (Å²) in [7, 11) is 0. The van der Waals surface area contributed by atoms with E-state index in [1.807, 2.05) is 18.7 Å². The van der Waals surface area contributed by atoms with Gasteiger partial charge in [0.2, 0.25) is 5.91 Å². The van der Waals surface area contributed by atoms with Crippen LogP contribution in [0.25, 0.3) is 0 Å². The zero-order chi connectivity index (χ0) is 16.6. The van der Waals surface area contributed by atoms with E-state index in [2.05, 4.69) is 15.0 Å². The number of nitrogens with zero attached hydrogens (tertiary/aromatic N) is 3. The molecule has 1 aromatic heterocycles. The lowest BCUT2D eigenvalue weighted by Crippen LogP contribution is -2.48. The van der Waals surface area contributed by atoms with Crippen molar-refractivity contribution in [2.75, 3.05) is 24.6 Å². The molecule has 1 atom stereocenters. The van der Waals surface area contributed by atoms with Crippen molar-refractivity contribution >= 4 is 17.7 Å². The van der Waals surface area contributed by atoms with E-state index in [9.17, 15) is 4.79 Å². The van der Waals surface area contributed by atoms with E-state index in [1.165, 1.54) is 0 Å². The highest BCUT2D eigenvalue weighted by Gasteiger charge is 2.45. The fraction of sp³-hybridized carbons (Fsp3) is 0.824. The van der Waals surface area contributed by atoms with Crippen LogP contribution in [0.2, 0.25) is 0 Å². The van der Waals surface area contributed by atoms with Crippen molar-refractivity contribution in [3.63, 3.8) is 0 Å². The van der Waals surface area contributed by atoms with Gasteiger partial charge < -0.3 is 14.2 Å². The predicted molar refractivity (Wildman–Crippen MR) is 90.7 cm³/mol. The number of ether oxygens (including phenoxy) is 1. The van der Waals surface area contributed by atoms with Crippen molar-refractivity contribution in [2.24, 2.45) is 5.92 Å². The van der Waals surface area contributed by atoms with Crippen molar-refractivity contribution in [3.8, 4) is 0 Å². The Kier molecular flexibility index (Phi) is 4.56. The number of piperidine rings is 1. The largest absolute Gasteiger partial charge is 0.362 e. The molecule has 3 fully saturated rings. The summed E-state index contributed by atoms with van der Waals surface area (Å²) in [6.07, 6.45) is 5.79. The fourth-order valence-electron chi connectivity index (χ4n) is 4.14. The van der Waals surface area contributed by atoms with Gasteiger partial charge in [-0.2, -0.15) is 16.7 Å². The first-order valence-corrected chi connectivity index (χ1v) is 10.2. The van der Waals surface area contributed by atoms with Gasteiger partial charge in [-0.3, -0.25) is 4.79 Å². The molecule has 1 spiro atoms. The van der Waals surface area contributed by atoms with Gasteiger partial charge in [-0.1, -0.05) is 5.16 Å². The van der Waals surface area contributed by atoms with Gasteiger partial charge in [-0.15, -0.1) is 0 Å². The Labute approximate surface area is 146 Å². The normalized spacial score (nSPS) is 27.7. The maximum Gasteiger partial charge on any atom is 0.255 e. The molecule has 0 bridgehead atoms. The maximum atomic E-state index is 12.7. The number of likely N-dealkylation sites (tertiary alicyclic amines) is 1. The quantitative estimate of drug-likeness (QED) is 0.816. The summed E-state index contributed by atoms with van der Waals surface area (Å²) in [5.41, 5.74) is -0.105. The van der Waals surface area contributed by atoms with Crippen LogP contribution in [0, 0.1) is 12.8 Å². The fourth-order valence-corrected chi connectivity index (χ4v) is 5.24. The Hall–Kier alpha value is -1.08. The van der Waals surface area contributed by atoms with E-state index in [-0.39, 0.29) is 17.6 Å². The van der Waals surface area contributed by atoms with E-state index < -0.39 is 0 Å². The summed E-state index contributed by atoms with van der Waals surface area (Å²) in [4.78, 5) is 19.1. The minimum absolute atomic E-state index is 0.0798. The monoisotopic (exact) mass is 351 g/mol. The highest BCUT2D eigenvalue weighted by Crippen LogP contribution is 2.44. The average Bonchev–Trinajstić information content (AvgIpc) is 3.23. The van der Waals surface area contributed by atoms with Gasteiger partial charge in [0.05, 0.1) is 5.60 Å². The van der Waals surface area contributed by atoms with Gasteiger partial charge >= 0.3 is 0 Å². The molecule has 3 aliphatic rings. The Balaban J connectivity index is 1.33. The molecule has 4 rings (SSSR count). The topological polar surface area (TPSA) is 68.5 Å². The zero-order valence-electron chi connectivity index (χ0n) is 14.2. The molecule has 0 saturated carbocycles. The number of rotatable bonds is 2. The van der Waals surface area contributed by atoms with Crippen molar-refractivity contribution in [2.45, 2.75) is 57.2 Å². The first-order chi connectivity index (χ1) is 11.7. The Bertz CT molecular complexity index is 592. The number of hydrogen-bond acceptors (Lipinski definition) is 6. The highest BCUT2D eigenvalue weighted by atomic mass is 32.2. The third kappa shape index (κ3) is 3.20. The van der Waals surface area contributed by atoms with E-state index in [4.69, 9.17) is 9.26 Å². The van der Waals surface area contributed by atoms with Crippen molar-refractivity contribution in [1.29, 1.82) is 0 Å². The molecule has 3 aliphatic heterocycles. The van der Waals surface area contributed by atoms with E-state index in [0.717, 1.165) is 63.1 Å². The number of thioether (sulfide) groups is 1. The second kappa shape index (κ2) is 6.67. The molecule has 0 aromatic carbocycles. The summed E-state index contributed by atoms with van der Waals surface area (Å²) < 4.78 is 11.6. The van der Waals surface area contributed by atoms with Crippen LogP contribution in [0.3, 0.4) is 0 Å². The van der Waals surface area contributed by atoms with Crippen molar-refractivity contribution in [3.05, 3.63) is 11.7 Å². The minimum Gasteiger partial charge on any atom is -0.362 e. The SMILES string of the molecule is Cc1noc([C@@H]2CCC3(CCN(C(=O)C4CCSCC4)CC3)O2)n1. The van der Waals surface area contributed by atoms with Crippen LogP contribution in [-0.2, 0) is 9.53 Å². The van der Waals surface area contributed by atoms with Crippen LogP contribution >= 0.6 is 11.8 Å². The highest BCUT2D eigenvalue weighted by molar-refractivity contribution is 7.99. The van der Waals surface area contributed by atoms with Gasteiger partial charge in [-0.05, 0) is 57.0 Å². The molecule has 24 heavy (non-hydrogen) atoms. The first-order valence-electron chi connectivity index (χ1n) is 9.00. The van der Waals surface area contributed by atoms with Crippen LogP contribution in [0.4, 0.5) is 0 Å². The van der Waals surface area contributed by atoms with Crippen molar-refractivity contribution in [1.82, 2.24) is 15.0 Å². The molecule has 132 valence electrons. The van der Waals surface area contributed by atoms with E-state index >= 15 is 0 Å².